The van der Waals surface area contributed by atoms with Crippen LogP contribution < -0.4 is 4.74 Å². The lowest BCUT2D eigenvalue weighted by Crippen LogP contribution is -1.96. The predicted molar refractivity (Wildman–Crippen MR) is 67.1 cm³/mol. The third kappa shape index (κ3) is 2.32. The van der Waals surface area contributed by atoms with Gasteiger partial charge in [0.2, 0.25) is 0 Å². The summed E-state index contributed by atoms with van der Waals surface area (Å²) in [7, 11) is 1.51. The van der Waals surface area contributed by atoms with Gasteiger partial charge in [0.15, 0.2) is 23.1 Å². The second-order valence-electron chi connectivity index (χ2n) is 3.78. The van der Waals surface area contributed by atoms with Gasteiger partial charge in [-0.1, -0.05) is 0 Å². The Labute approximate surface area is 105 Å². The van der Waals surface area contributed by atoms with Gasteiger partial charge in [-0.25, -0.2) is 4.68 Å². The molecule has 0 aliphatic carbocycles. The maximum absolute atomic E-state index is 9.64. The number of hydrogen-bond acceptors (Lipinski definition) is 5. The quantitative estimate of drug-likeness (QED) is 0.833. The van der Waals surface area contributed by atoms with Crippen LogP contribution in [0.25, 0.3) is 0 Å². The molecule has 0 atom stereocenters. The fourth-order valence-corrected chi connectivity index (χ4v) is 1.54. The number of ether oxygens (including phenoxy) is 1. The molecular weight excluding hydrogens is 232 g/mol. The molecule has 18 heavy (non-hydrogen) atoms. The molecule has 1 N–H and O–H groups in total. The molecule has 0 amide bonds. The third-order valence-corrected chi connectivity index (χ3v) is 2.48. The van der Waals surface area contributed by atoms with Gasteiger partial charge in [-0.05, 0) is 37.6 Å². The van der Waals surface area contributed by atoms with Crippen molar-refractivity contribution in [3.8, 4) is 11.5 Å². The zero-order valence-electron chi connectivity index (χ0n) is 10.5. The molecule has 0 spiro atoms. The van der Waals surface area contributed by atoms with Crippen molar-refractivity contribution in [1.29, 1.82) is 0 Å². The monoisotopic (exact) mass is 246 g/mol. The number of benzene rings is 1. The average molecular weight is 246 g/mol. The van der Waals surface area contributed by atoms with Crippen molar-refractivity contribution in [3.63, 3.8) is 0 Å². The van der Waals surface area contributed by atoms with Crippen LogP contribution in [0.2, 0.25) is 0 Å². The van der Waals surface area contributed by atoms with Gasteiger partial charge in [0.05, 0.1) is 13.3 Å². The molecule has 6 heteroatoms. The largest absolute Gasteiger partial charge is 0.504 e. The summed E-state index contributed by atoms with van der Waals surface area (Å²) < 4.78 is 6.60. The molecular formula is C12H14N4O2. The summed E-state index contributed by atoms with van der Waals surface area (Å²) in [6, 6.07) is 5.07. The SMILES string of the molecule is COc1ccc(/C=N\n2c(C)nnc2C)cc1O. The van der Waals surface area contributed by atoms with E-state index in [4.69, 9.17) is 4.74 Å². The molecule has 0 radical (unpaired) electrons. The highest BCUT2D eigenvalue weighted by molar-refractivity contribution is 5.80. The van der Waals surface area contributed by atoms with Crippen molar-refractivity contribution >= 4 is 6.21 Å². The number of phenols is 1. The normalized spacial score (nSPS) is 11.1. The highest BCUT2D eigenvalue weighted by atomic mass is 16.5. The van der Waals surface area contributed by atoms with Crippen LogP contribution in [0.4, 0.5) is 0 Å². The summed E-state index contributed by atoms with van der Waals surface area (Å²) in [5, 5.41) is 21.7. The lowest BCUT2D eigenvalue weighted by molar-refractivity contribution is 0.373. The van der Waals surface area contributed by atoms with Crippen molar-refractivity contribution < 1.29 is 9.84 Å². The minimum atomic E-state index is 0.0821. The van der Waals surface area contributed by atoms with E-state index in [9.17, 15) is 5.11 Å². The number of methoxy groups -OCH3 is 1. The van der Waals surface area contributed by atoms with Crippen molar-refractivity contribution in [2.75, 3.05) is 7.11 Å². The maximum atomic E-state index is 9.64. The Kier molecular flexibility index (Phi) is 3.27. The average Bonchev–Trinajstić information content (AvgIpc) is 2.67. The molecule has 0 saturated heterocycles. The summed E-state index contributed by atoms with van der Waals surface area (Å²) in [6.07, 6.45) is 1.63. The number of aromatic hydroxyl groups is 1. The van der Waals surface area contributed by atoms with Crippen LogP contribution in [0.15, 0.2) is 23.3 Å². The van der Waals surface area contributed by atoms with Gasteiger partial charge in [0.1, 0.15) is 0 Å². The lowest BCUT2D eigenvalue weighted by Gasteiger charge is -2.03. The van der Waals surface area contributed by atoms with Crippen LogP contribution in [0.5, 0.6) is 11.5 Å². The van der Waals surface area contributed by atoms with Crippen LogP contribution in [0.3, 0.4) is 0 Å². The third-order valence-electron chi connectivity index (χ3n) is 2.48. The number of rotatable bonds is 3. The Morgan fingerprint density at radius 1 is 1.28 bits per heavy atom. The zero-order valence-corrected chi connectivity index (χ0v) is 10.5. The molecule has 0 saturated carbocycles. The highest BCUT2D eigenvalue weighted by Gasteiger charge is 2.03. The van der Waals surface area contributed by atoms with Crippen molar-refractivity contribution in [1.82, 2.24) is 14.9 Å². The van der Waals surface area contributed by atoms with Crippen molar-refractivity contribution in [3.05, 3.63) is 35.4 Å². The molecule has 94 valence electrons. The van der Waals surface area contributed by atoms with E-state index in [-0.39, 0.29) is 5.75 Å². The molecule has 0 aliphatic rings. The van der Waals surface area contributed by atoms with Crippen LogP contribution in [-0.2, 0) is 0 Å². The minimum Gasteiger partial charge on any atom is -0.504 e. The van der Waals surface area contributed by atoms with E-state index >= 15 is 0 Å². The summed E-state index contributed by atoms with van der Waals surface area (Å²) in [6.45, 7) is 3.64. The topological polar surface area (TPSA) is 72.5 Å². The molecule has 0 fully saturated rings. The Morgan fingerprint density at radius 2 is 1.94 bits per heavy atom. The summed E-state index contributed by atoms with van der Waals surface area (Å²) >= 11 is 0. The smallest absolute Gasteiger partial charge is 0.160 e. The summed E-state index contributed by atoms with van der Waals surface area (Å²) in [5.41, 5.74) is 0.765. The van der Waals surface area contributed by atoms with Gasteiger partial charge in [-0.15, -0.1) is 10.2 Å². The first-order valence-electron chi connectivity index (χ1n) is 5.42. The summed E-state index contributed by atoms with van der Waals surface area (Å²) in [4.78, 5) is 0. The van der Waals surface area contributed by atoms with E-state index < -0.39 is 0 Å². The first-order chi connectivity index (χ1) is 8.61. The molecule has 2 aromatic rings. The van der Waals surface area contributed by atoms with Gasteiger partial charge in [0.25, 0.3) is 0 Å². The van der Waals surface area contributed by atoms with E-state index in [1.165, 1.54) is 7.11 Å². The number of nitrogens with zero attached hydrogens (tertiary/aromatic N) is 4. The zero-order chi connectivity index (χ0) is 13.1. The van der Waals surface area contributed by atoms with E-state index in [1.807, 2.05) is 13.8 Å². The molecule has 1 heterocycles. The Morgan fingerprint density at radius 3 is 2.50 bits per heavy atom. The molecule has 1 aromatic carbocycles. The molecule has 0 unspecified atom stereocenters. The molecule has 0 bridgehead atoms. The second-order valence-corrected chi connectivity index (χ2v) is 3.78. The number of aromatic nitrogens is 3. The van der Waals surface area contributed by atoms with E-state index in [0.717, 1.165) is 5.56 Å². The van der Waals surface area contributed by atoms with E-state index in [0.29, 0.717) is 17.4 Å². The van der Waals surface area contributed by atoms with Crippen LogP contribution in [0.1, 0.15) is 17.2 Å². The van der Waals surface area contributed by atoms with Gasteiger partial charge in [-0.3, -0.25) is 0 Å². The Balaban J connectivity index is 2.27. The van der Waals surface area contributed by atoms with Crippen LogP contribution in [0, 0.1) is 13.8 Å². The first-order valence-corrected chi connectivity index (χ1v) is 5.42. The molecule has 6 nitrogen and oxygen atoms in total. The maximum Gasteiger partial charge on any atom is 0.160 e. The second kappa shape index (κ2) is 4.87. The van der Waals surface area contributed by atoms with Gasteiger partial charge >= 0.3 is 0 Å². The molecule has 0 aliphatic heterocycles. The fraction of sp³-hybridized carbons (Fsp3) is 0.250. The van der Waals surface area contributed by atoms with Gasteiger partial charge in [-0.2, -0.15) is 5.10 Å². The number of hydrogen-bond donors (Lipinski definition) is 1. The van der Waals surface area contributed by atoms with Crippen molar-refractivity contribution in [2.45, 2.75) is 13.8 Å². The van der Waals surface area contributed by atoms with E-state index in [1.54, 1.807) is 29.1 Å². The number of aryl methyl sites for hydroxylation is 2. The number of phenolic OH excluding ortho intramolecular Hbond substituents is 1. The molecule has 1 aromatic heterocycles. The van der Waals surface area contributed by atoms with Crippen molar-refractivity contribution in [2.24, 2.45) is 5.10 Å². The minimum absolute atomic E-state index is 0.0821. The Bertz CT molecular complexity index is 570. The van der Waals surface area contributed by atoms with Crippen LogP contribution in [-0.4, -0.2) is 33.3 Å². The lowest BCUT2D eigenvalue weighted by atomic mass is 10.2. The van der Waals surface area contributed by atoms with E-state index in [2.05, 4.69) is 15.3 Å². The summed E-state index contributed by atoms with van der Waals surface area (Å²) in [5.74, 6) is 1.94. The predicted octanol–water partition coefficient (Wildman–Crippen LogP) is 1.49. The Hall–Kier alpha value is -2.37. The standard InChI is InChI=1S/C12H14N4O2/c1-8-14-15-9(2)16(8)13-7-10-4-5-12(18-3)11(17)6-10/h4-7,17H,1-3H3/b13-7-. The highest BCUT2D eigenvalue weighted by Crippen LogP contribution is 2.25. The van der Waals surface area contributed by atoms with Gasteiger partial charge < -0.3 is 9.84 Å². The van der Waals surface area contributed by atoms with Gasteiger partial charge in [0, 0.05) is 0 Å². The first kappa shape index (κ1) is 12.1. The molecule has 2 rings (SSSR count). The fourth-order valence-electron chi connectivity index (χ4n) is 1.54. The van der Waals surface area contributed by atoms with Crippen LogP contribution >= 0.6 is 0 Å².